The van der Waals surface area contributed by atoms with Gasteiger partial charge in [0.2, 0.25) is 5.91 Å². The van der Waals surface area contributed by atoms with Crippen molar-refractivity contribution in [1.29, 1.82) is 0 Å². The number of halogens is 1. The van der Waals surface area contributed by atoms with Gasteiger partial charge in [-0.2, -0.15) is 0 Å². The van der Waals surface area contributed by atoms with Gasteiger partial charge in [-0.3, -0.25) is 14.6 Å². The second-order valence-corrected chi connectivity index (χ2v) is 10.2. The minimum absolute atomic E-state index is 0.0869. The van der Waals surface area contributed by atoms with Crippen LogP contribution < -0.4 is 20.7 Å². The van der Waals surface area contributed by atoms with Crippen LogP contribution in [0.4, 0.5) is 21.6 Å². The zero-order chi connectivity index (χ0) is 28.2. The Hall–Kier alpha value is -4.01. The monoisotopic (exact) mass is 504 g/mol. The summed E-state index contributed by atoms with van der Waals surface area (Å²) in [7, 11) is 1.44. The summed E-state index contributed by atoms with van der Waals surface area (Å²) in [5.74, 6) is -0.515. The third kappa shape index (κ3) is 4.18. The molecule has 2 amide bonds. The molecule has 0 atom stereocenters. The van der Waals surface area contributed by atoms with E-state index < -0.39 is 18.7 Å². The minimum Gasteiger partial charge on any atom is -0.494 e. The molecule has 3 N–H and O–H groups in total. The van der Waals surface area contributed by atoms with Crippen LogP contribution in [0.3, 0.4) is 0 Å². The number of carbonyl (C=O) groups is 2. The summed E-state index contributed by atoms with van der Waals surface area (Å²) in [6, 6.07) is 7.81. The van der Waals surface area contributed by atoms with Gasteiger partial charge in [0.1, 0.15) is 11.6 Å². The largest absolute Gasteiger partial charge is 0.494 e. The normalized spacial score (nSPS) is 22.9. The molecule has 0 unspecified atom stereocenters. The number of hydrogen-bond donors (Lipinski definition) is 3. The fraction of sp³-hybridized carbons (Fsp3) is 0.357. The highest BCUT2D eigenvalue weighted by atomic mass is 19.1. The van der Waals surface area contributed by atoms with E-state index in [1.165, 1.54) is 50.1 Å². The van der Waals surface area contributed by atoms with Crippen LogP contribution in [-0.2, 0) is 10.2 Å². The van der Waals surface area contributed by atoms with Gasteiger partial charge in [0, 0.05) is 47.1 Å². The van der Waals surface area contributed by atoms with Crippen LogP contribution in [0.1, 0.15) is 52.1 Å². The number of benzene rings is 1. The van der Waals surface area contributed by atoms with Crippen molar-refractivity contribution in [3.05, 3.63) is 59.7 Å². The minimum atomic E-state index is -2.74. The lowest BCUT2D eigenvalue weighted by Crippen LogP contribution is -2.55. The second-order valence-electron chi connectivity index (χ2n) is 10.2. The molecule has 8 nitrogen and oxygen atoms in total. The van der Waals surface area contributed by atoms with Crippen molar-refractivity contribution in [2.75, 3.05) is 24.7 Å². The maximum atomic E-state index is 15.0. The van der Waals surface area contributed by atoms with Crippen molar-refractivity contribution in [2.24, 2.45) is 11.8 Å². The highest BCUT2D eigenvalue weighted by molar-refractivity contribution is 6.01. The maximum Gasteiger partial charge on any atom is 0.254 e. The van der Waals surface area contributed by atoms with Gasteiger partial charge >= 0.3 is 0 Å². The summed E-state index contributed by atoms with van der Waals surface area (Å²) >= 11 is 0. The summed E-state index contributed by atoms with van der Waals surface area (Å²) in [4.78, 5) is 33.9. The average molecular weight is 505 g/mol. The van der Waals surface area contributed by atoms with Crippen molar-refractivity contribution in [1.82, 2.24) is 15.3 Å². The van der Waals surface area contributed by atoms with Crippen LogP contribution in [0, 0.1) is 17.7 Å². The quantitative estimate of drug-likeness (QED) is 0.407. The lowest BCUT2D eigenvalue weighted by atomic mass is 9.42. The van der Waals surface area contributed by atoms with Crippen molar-refractivity contribution in [2.45, 2.75) is 37.5 Å². The lowest BCUT2D eigenvalue weighted by molar-refractivity contribution is -0.117. The van der Waals surface area contributed by atoms with Crippen LogP contribution in [0.5, 0.6) is 5.75 Å². The number of methoxy groups -OCH3 is 1. The molecule has 2 heterocycles. The first-order valence-corrected chi connectivity index (χ1v) is 12.3. The highest BCUT2D eigenvalue weighted by Crippen LogP contribution is 2.65. The predicted octanol–water partition coefficient (Wildman–Crippen LogP) is 4.79. The fourth-order valence-electron chi connectivity index (χ4n) is 5.39. The van der Waals surface area contributed by atoms with Gasteiger partial charge in [-0.1, -0.05) is 6.07 Å². The van der Waals surface area contributed by atoms with Crippen molar-refractivity contribution in [3.63, 3.8) is 0 Å². The average Bonchev–Trinajstić information content (AvgIpc) is 3.67. The van der Waals surface area contributed by atoms with Gasteiger partial charge in [0.15, 0.2) is 5.75 Å². The van der Waals surface area contributed by atoms with Crippen molar-refractivity contribution in [3.8, 4) is 17.0 Å². The Bertz CT molecular complexity index is 1490. The van der Waals surface area contributed by atoms with Crippen molar-refractivity contribution < 1.29 is 22.8 Å². The van der Waals surface area contributed by atoms with E-state index in [9.17, 15) is 14.0 Å². The Kier molecular flexibility index (Phi) is 4.79. The first kappa shape index (κ1) is 20.1. The first-order valence-electron chi connectivity index (χ1n) is 13.8. The molecule has 4 fully saturated rings. The van der Waals surface area contributed by atoms with E-state index in [4.69, 9.17) is 8.85 Å². The number of pyridine rings is 2. The third-order valence-corrected chi connectivity index (χ3v) is 7.68. The molecule has 4 aliphatic rings. The summed E-state index contributed by atoms with van der Waals surface area (Å²) < 4.78 is 42.8. The number of nitrogens with one attached hydrogen (secondary N) is 3. The van der Waals surface area contributed by atoms with Gasteiger partial charge in [-0.05, 0) is 61.1 Å². The third-order valence-electron chi connectivity index (χ3n) is 7.68. The Morgan fingerprint density at radius 1 is 1.11 bits per heavy atom. The molecule has 0 saturated heterocycles. The highest BCUT2D eigenvalue weighted by Gasteiger charge is 2.57. The lowest BCUT2D eigenvalue weighted by Gasteiger charge is -2.62. The predicted molar refractivity (Wildman–Crippen MR) is 137 cm³/mol. The first-order chi connectivity index (χ1) is 19.0. The van der Waals surface area contributed by atoms with E-state index >= 15 is 0 Å². The molecule has 2 aromatic heterocycles. The smallest absolute Gasteiger partial charge is 0.254 e. The van der Waals surface area contributed by atoms with E-state index in [1.54, 1.807) is 0 Å². The number of carbonyl (C=O) groups excluding carboxylic acids is 2. The zero-order valence-corrected chi connectivity index (χ0v) is 20.2. The maximum absolute atomic E-state index is 15.0. The number of anilines is 3. The summed E-state index contributed by atoms with van der Waals surface area (Å²) in [6.45, 7) is -2.74. The Labute approximate surface area is 218 Å². The molecule has 1 aromatic carbocycles. The van der Waals surface area contributed by atoms with Crippen LogP contribution in [0.2, 0.25) is 0 Å². The Morgan fingerprint density at radius 2 is 1.92 bits per heavy atom. The number of hydrogen-bond acceptors (Lipinski definition) is 6. The van der Waals surface area contributed by atoms with E-state index in [2.05, 4.69) is 20.6 Å². The van der Waals surface area contributed by atoms with Gasteiger partial charge in [0.25, 0.3) is 5.91 Å². The molecule has 3 aromatic rings. The molecule has 4 saturated carbocycles. The number of aromatic nitrogens is 2. The molecule has 4 aliphatic carbocycles. The molecule has 0 radical (unpaired) electrons. The van der Waals surface area contributed by atoms with Crippen molar-refractivity contribution >= 4 is 29.0 Å². The number of rotatable bonds is 8. The standard InChI is InChI=1S/C28H28FN5O3/c1-30-27(36)20-14-32-24(34-26(35)16-3-4-16)9-22(20)33-23-8-18(29)7-19(25(23)37-2)21-6-5-17(13-31-21)28-10-15(11-28)12-28/h5-9,13-16H,3-4,10-12H2,1-2H3,(H,30,36)(H2,32,33,34,35)/i1D3. The number of nitrogens with zero attached hydrogens (tertiary/aromatic N) is 2. The molecule has 9 heteroatoms. The fourth-order valence-corrected chi connectivity index (χ4v) is 5.39. The van der Waals surface area contributed by atoms with Gasteiger partial charge in [-0.15, -0.1) is 0 Å². The topological polar surface area (TPSA) is 105 Å². The van der Waals surface area contributed by atoms with Gasteiger partial charge in [-0.25, -0.2) is 9.37 Å². The Morgan fingerprint density at radius 3 is 2.54 bits per heavy atom. The number of amides is 2. The molecule has 0 spiro atoms. The summed E-state index contributed by atoms with van der Waals surface area (Å²) in [5, 5.41) is 7.64. The number of ether oxygens (including phenoxy) is 1. The summed E-state index contributed by atoms with van der Waals surface area (Å²) in [6.07, 6.45) is 8.15. The summed E-state index contributed by atoms with van der Waals surface area (Å²) in [5.41, 5.74) is 2.51. The molecular formula is C28H28FN5O3. The molecule has 7 rings (SSSR count). The van der Waals surface area contributed by atoms with E-state index in [-0.39, 0.29) is 45.7 Å². The van der Waals surface area contributed by atoms with Crippen LogP contribution >= 0.6 is 0 Å². The molecule has 2 bridgehead atoms. The van der Waals surface area contributed by atoms with Crippen LogP contribution in [0.15, 0.2) is 42.7 Å². The molecule has 37 heavy (non-hydrogen) atoms. The SMILES string of the molecule is [2H]C([2H])([2H])NC(=O)c1cnc(NC(=O)C2CC2)cc1Nc1cc(F)cc(-c2ccc(C34CC(C3)C4)cn2)c1OC. The zero-order valence-electron chi connectivity index (χ0n) is 23.2. The molecule has 0 aliphatic heterocycles. The molecule has 190 valence electrons. The van der Waals surface area contributed by atoms with Gasteiger partial charge < -0.3 is 20.7 Å². The van der Waals surface area contributed by atoms with E-state index in [0.717, 1.165) is 25.0 Å². The van der Waals surface area contributed by atoms with Gasteiger partial charge in [0.05, 0.1) is 29.7 Å². The van der Waals surface area contributed by atoms with E-state index in [1.807, 2.05) is 23.6 Å². The second kappa shape index (κ2) is 8.83. The Balaban J connectivity index is 1.35. The van der Waals surface area contributed by atoms with Crippen LogP contribution in [-0.4, -0.2) is 35.9 Å². The van der Waals surface area contributed by atoms with E-state index in [0.29, 0.717) is 11.3 Å². The molecular weight excluding hydrogens is 473 g/mol. The van der Waals surface area contributed by atoms with Crippen LogP contribution in [0.25, 0.3) is 11.3 Å².